The average Bonchev–Trinajstić information content (AvgIpc) is 2.88. The molecule has 86 valence electrons. The summed E-state index contributed by atoms with van der Waals surface area (Å²) in [6.07, 6.45) is 3.00. The van der Waals surface area contributed by atoms with Crippen LogP contribution in [0.2, 0.25) is 0 Å². The molecule has 1 heterocycles. The van der Waals surface area contributed by atoms with Gasteiger partial charge in [0, 0.05) is 19.1 Å². The van der Waals surface area contributed by atoms with E-state index in [-0.39, 0.29) is 11.9 Å². The molecular formula is C11H20N2O2. The molecule has 0 radical (unpaired) electrons. The first-order chi connectivity index (χ1) is 6.98. The van der Waals surface area contributed by atoms with Gasteiger partial charge in [0.1, 0.15) is 0 Å². The van der Waals surface area contributed by atoms with Crippen LogP contribution in [0.3, 0.4) is 0 Å². The lowest BCUT2D eigenvalue weighted by molar-refractivity contribution is -0.125. The van der Waals surface area contributed by atoms with E-state index in [2.05, 4.69) is 10.2 Å². The molecule has 0 bridgehead atoms. The Kier molecular flexibility index (Phi) is 2.73. The van der Waals surface area contributed by atoms with Gasteiger partial charge < -0.3 is 10.4 Å². The Hall–Kier alpha value is -0.610. The lowest BCUT2D eigenvalue weighted by Gasteiger charge is -2.24. The molecule has 0 spiro atoms. The van der Waals surface area contributed by atoms with Crippen molar-refractivity contribution < 1.29 is 9.90 Å². The monoisotopic (exact) mass is 212 g/mol. The quantitative estimate of drug-likeness (QED) is 0.698. The summed E-state index contributed by atoms with van der Waals surface area (Å²) < 4.78 is 0. The second-order valence-corrected chi connectivity index (χ2v) is 5.18. The van der Waals surface area contributed by atoms with Gasteiger partial charge in [-0.15, -0.1) is 0 Å². The molecule has 15 heavy (non-hydrogen) atoms. The van der Waals surface area contributed by atoms with Crippen molar-refractivity contribution in [2.75, 3.05) is 13.1 Å². The summed E-state index contributed by atoms with van der Waals surface area (Å²) in [4.78, 5) is 13.8. The minimum Gasteiger partial charge on any atom is -0.389 e. The lowest BCUT2D eigenvalue weighted by Crippen LogP contribution is -2.46. The zero-order valence-electron chi connectivity index (χ0n) is 9.49. The summed E-state index contributed by atoms with van der Waals surface area (Å²) in [6.45, 7) is 5.16. The number of carbonyl (C=O) groups is 1. The van der Waals surface area contributed by atoms with Crippen molar-refractivity contribution in [3.8, 4) is 0 Å². The number of carbonyl (C=O) groups excluding carboxylic acids is 1. The summed E-state index contributed by atoms with van der Waals surface area (Å²) in [5, 5.41) is 12.8. The summed E-state index contributed by atoms with van der Waals surface area (Å²) in [5.41, 5.74) is -0.617. The van der Waals surface area contributed by atoms with E-state index < -0.39 is 5.60 Å². The molecule has 4 heteroatoms. The SMILES string of the molecule is CC(C(=O)NC1CC1)N1CCC(C)(O)C1. The van der Waals surface area contributed by atoms with Gasteiger partial charge >= 0.3 is 0 Å². The van der Waals surface area contributed by atoms with Crippen LogP contribution in [0, 0.1) is 0 Å². The minimum absolute atomic E-state index is 0.107. The van der Waals surface area contributed by atoms with Gasteiger partial charge in [-0.1, -0.05) is 0 Å². The van der Waals surface area contributed by atoms with Gasteiger partial charge in [0.05, 0.1) is 11.6 Å². The Morgan fingerprint density at radius 1 is 1.60 bits per heavy atom. The van der Waals surface area contributed by atoms with Gasteiger partial charge in [0.2, 0.25) is 5.91 Å². The van der Waals surface area contributed by atoms with Crippen LogP contribution in [-0.2, 0) is 4.79 Å². The van der Waals surface area contributed by atoms with Crippen molar-refractivity contribution in [1.82, 2.24) is 10.2 Å². The number of hydrogen-bond acceptors (Lipinski definition) is 3. The topological polar surface area (TPSA) is 52.6 Å². The van der Waals surface area contributed by atoms with Gasteiger partial charge in [-0.3, -0.25) is 9.69 Å². The van der Waals surface area contributed by atoms with Gasteiger partial charge in [0.15, 0.2) is 0 Å². The Morgan fingerprint density at radius 3 is 2.73 bits per heavy atom. The Balaban J connectivity index is 1.84. The van der Waals surface area contributed by atoms with E-state index in [0.717, 1.165) is 25.8 Å². The third-order valence-electron chi connectivity index (χ3n) is 3.33. The number of likely N-dealkylation sites (tertiary alicyclic amines) is 1. The van der Waals surface area contributed by atoms with E-state index >= 15 is 0 Å². The zero-order chi connectivity index (χ0) is 11.1. The van der Waals surface area contributed by atoms with Crippen LogP contribution in [0.5, 0.6) is 0 Å². The molecule has 1 aliphatic carbocycles. The molecule has 1 aliphatic heterocycles. The smallest absolute Gasteiger partial charge is 0.237 e. The van der Waals surface area contributed by atoms with E-state index in [4.69, 9.17) is 0 Å². The maximum Gasteiger partial charge on any atom is 0.237 e. The summed E-state index contributed by atoms with van der Waals surface area (Å²) in [7, 11) is 0. The molecular weight excluding hydrogens is 192 g/mol. The van der Waals surface area contributed by atoms with Crippen LogP contribution in [0.15, 0.2) is 0 Å². The van der Waals surface area contributed by atoms with Gasteiger partial charge in [-0.05, 0) is 33.1 Å². The molecule has 2 unspecified atom stereocenters. The van der Waals surface area contributed by atoms with Crippen molar-refractivity contribution in [1.29, 1.82) is 0 Å². The standard InChI is InChI=1S/C11H20N2O2/c1-8(10(14)12-9-3-4-9)13-6-5-11(2,15)7-13/h8-9,15H,3-7H2,1-2H3,(H,12,14). The predicted molar refractivity (Wildman–Crippen MR) is 57.4 cm³/mol. The van der Waals surface area contributed by atoms with Crippen molar-refractivity contribution in [3.63, 3.8) is 0 Å². The van der Waals surface area contributed by atoms with Crippen molar-refractivity contribution in [2.45, 2.75) is 50.8 Å². The van der Waals surface area contributed by atoms with Crippen LogP contribution < -0.4 is 5.32 Å². The fourth-order valence-electron chi connectivity index (χ4n) is 2.03. The molecule has 2 atom stereocenters. The van der Waals surface area contributed by atoms with Gasteiger partial charge in [0.25, 0.3) is 0 Å². The third-order valence-corrected chi connectivity index (χ3v) is 3.33. The summed E-state index contributed by atoms with van der Waals surface area (Å²) >= 11 is 0. The van der Waals surface area contributed by atoms with E-state index in [1.165, 1.54) is 0 Å². The molecule has 0 aromatic heterocycles. The molecule has 2 aliphatic rings. The molecule has 1 amide bonds. The van der Waals surface area contributed by atoms with Crippen LogP contribution >= 0.6 is 0 Å². The number of aliphatic hydroxyl groups is 1. The molecule has 2 fully saturated rings. The fraction of sp³-hybridized carbons (Fsp3) is 0.909. The van der Waals surface area contributed by atoms with Gasteiger partial charge in [-0.25, -0.2) is 0 Å². The Labute approximate surface area is 90.6 Å². The minimum atomic E-state index is -0.617. The third kappa shape index (κ3) is 2.69. The molecule has 0 aromatic carbocycles. The first-order valence-corrected chi connectivity index (χ1v) is 5.75. The normalized spacial score (nSPS) is 34.1. The van der Waals surface area contributed by atoms with Crippen molar-refractivity contribution in [2.24, 2.45) is 0 Å². The number of nitrogens with zero attached hydrogens (tertiary/aromatic N) is 1. The van der Waals surface area contributed by atoms with E-state index in [9.17, 15) is 9.90 Å². The first-order valence-electron chi connectivity index (χ1n) is 5.75. The molecule has 0 aromatic rings. The van der Waals surface area contributed by atoms with Crippen LogP contribution in [0.25, 0.3) is 0 Å². The number of rotatable bonds is 3. The second kappa shape index (κ2) is 3.76. The zero-order valence-corrected chi connectivity index (χ0v) is 9.49. The van der Waals surface area contributed by atoms with Crippen molar-refractivity contribution in [3.05, 3.63) is 0 Å². The lowest BCUT2D eigenvalue weighted by atomic mass is 10.1. The Morgan fingerprint density at radius 2 is 2.27 bits per heavy atom. The van der Waals surface area contributed by atoms with Crippen LogP contribution in [-0.4, -0.2) is 46.7 Å². The largest absolute Gasteiger partial charge is 0.389 e. The predicted octanol–water partition coefficient (Wildman–Crippen LogP) is 0.110. The second-order valence-electron chi connectivity index (χ2n) is 5.18. The van der Waals surface area contributed by atoms with E-state index in [1.54, 1.807) is 0 Å². The number of hydrogen-bond donors (Lipinski definition) is 2. The van der Waals surface area contributed by atoms with E-state index in [1.807, 2.05) is 13.8 Å². The first kappa shape index (κ1) is 10.9. The average molecular weight is 212 g/mol. The van der Waals surface area contributed by atoms with Crippen LogP contribution in [0.1, 0.15) is 33.1 Å². The highest BCUT2D eigenvalue weighted by Gasteiger charge is 2.36. The maximum absolute atomic E-state index is 11.8. The van der Waals surface area contributed by atoms with E-state index in [0.29, 0.717) is 12.6 Å². The highest BCUT2D eigenvalue weighted by molar-refractivity contribution is 5.81. The summed E-state index contributed by atoms with van der Waals surface area (Å²) in [5.74, 6) is 0.107. The number of nitrogens with one attached hydrogen (secondary N) is 1. The molecule has 2 rings (SSSR count). The van der Waals surface area contributed by atoms with Gasteiger partial charge in [-0.2, -0.15) is 0 Å². The molecule has 1 saturated carbocycles. The highest BCUT2D eigenvalue weighted by atomic mass is 16.3. The fourth-order valence-corrected chi connectivity index (χ4v) is 2.03. The van der Waals surface area contributed by atoms with Crippen LogP contribution in [0.4, 0.5) is 0 Å². The highest BCUT2D eigenvalue weighted by Crippen LogP contribution is 2.23. The number of β-amino-alcohol motifs (C(OH)–C–C–N with tert-alkyl or cyclic N) is 1. The van der Waals surface area contributed by atoms with Crippen molar-refractivity contribution >= 4 is 5.91 Å². The number of amides is 1. The molecule has 4 nitrogen and oxygen atoms in total. The Bertz CT molecular complexity index is 261. The molecule has 1 saturated heterocycles. The molecule has 2 N–H and O–H groups in total. The summed E-state index contributed by atoms with van der Waals surface area (Å²) in [6, 6.07) is 0.308. The maximum atomic E-state index is 11.8.